The molecule has 0 aliphatic carbocycles. The van der Waals surface area contributed by atoms with Crippen molar-refractivity contribution in [2.45, 2.75) is 53.1 Å². The molecule has 0 radical (unpaired) electrons. The lowest BCUT2D eigenvalue weighted by atomic mass is 10.0. The van der Waals surface area contributed by atoms with E-state index in [-0.39, 0.29) is 6.54 Å². The van der Waals surface area contributed by atoms with E-state index in [1.807, 2.05) is 71.9 Å². The van der Waals surface area contributed by atoms with Crippen molar-refractivity contribution in [1.82, 2.24) is 9.88 Å². The summed E-state index contributed by atoms with van der Waals surface area (Å²) in [7, 11) is 1.35. The molecule has 1 atom stereocenters. The predicted molar refractivity (Wildman–Crippen MR) is 108 cm³/mol. The highest BCUT2D eigenvalue weighted by atomic mass is 16.6. The molecule has 0 bridgehead atoms. The summed E-state index contributed by atoms with van der Waals surface area (Å²) < 4.78 is 10.4. The molecule has 1 heterocycles. The number of hydrogen-bond donors (Lipinski definition) is 1. The molecule has 1 N–H and O–H groups in total. The Morgan fingerprint density at radius 1 is 1.19 bits per heavy atom. The van der Waals surface area contributed by atoms with Crippen LogP contribution in [-0.2, 0) is 14.3 Å². The fraction of sp³-hybridized carbons (Fsp3) is 0.524. The van der Waals surface area contributed by atoms with Crippen molar-refractivity contribution in [3.8, 4) is 0 Å². The molecule has 6 nitrogen and oxygen atoms in total. The number of hydrogen-bond acceptors (Lipinski definition) is 4. The van der Waals surface area contributed by atoms with E-state index in [1.165, 1.54) is 12.0 Å². The van der Waals surface area contributed by atoms with Crippen molar-refractivity contribution >= 4 is 23.0 Å². The number of likely N-dealkylation sites (N-methyl/N-ethyl adjacent to an activating group) is 1. The van der Waals surface area contributed by atoms with Crippen LogP contribution in [0, 0.1) is 0 Å². The molecule has 1 aromatic heterocycles. The Hall–Kier alpha value is -2.50. The zero-order chi connectivity index (χ0) is 20.6. The van der Waals surface area contributed by atoms with E-state index in [1.54, 1.807) is 0 Å². The lowest BCUT2D eigenvalue weighted by Gasteiger charge is -2.28. The van der Waals surface area contributed by atoms with E-state index < -0.39 is 23.6 Å². The normalized spacial score (nSPS) is 12.0. The summed E-state index contributed by atoms with van der Waals surface area (Å²) in [6.45, 7) is 11.9. The van der Waals surface area contributed by atoms with Crippen LogP contribution in [0.5, 0.6) is 0 Å². The Bertz CT molecular complexity index is 713. The van der Waals surface area contributed by atoms with Crippen molar-refractivity contribution < 1.29 is 19.1 Å². The Kier molecular flexibility index (Phi) is 8.34. The molecule has 0 saturated heterocycles. The van der Waals surface area contributed by atoms with Gasteiger partial charge in [-0.1, -0.05) is 32.0 Å². The third-order valence-electron chi connectivity index (χ3n) is 3.85. The second kappa shape index (κ2) is 10.00. The molecular weight excluding hydrogens is 344 g/mol. The number of nitrogens with one attached hydrogen (secondary N) is 1. The number of benzene rings is 1. The van der Waals surface area contributed by atoms with Gasteiger partial charge in [0.25, 0.3) is 0 Å². The number of H-pyrrole nitrogens is 1. The topological polar surface area (TPSA) is 71.6 Å². The van der Waals surface area contributed by atoms with E-state index in [4.69, 9.17) is 9.47 Å². The first kappa shape index (κ1) is 22.5. The minimum atomic E-state index is -0.607. The number of fused-ring (bicyclic) bond motifs is 1. The maximum absolute atomic E-state index is 12.4. The average molecular weight is 376 g/mol. The predicted octanol–water partition coefficient (Wildman–Crippen LogP) is 4.71. The van der Waals surface area contributed by atoms with Crippen LogP contribution in [0.25, 0.3) is 10.9 Å². The van der Waals surface area contributed by atoms with Gasteiger partial charge < -0.3 is 19.4 Å². The summed E-state index contributed by atoms with van der Waals surface area (Å²) in [6.07, 6.45) is -0.444. The quantitative estimate of drug-likeness (QED) is 0.767. The molecule has 1 amide bonds. The zero-order valence-corrected chi connectivity index (χ0v) is 17.5. The minimum absolute atomic E-state index is 0.185. The number of aromatic amines is 1. The second-order valence-corrected chi connectivity index (χ2v) is 6.91. The van der Waals surface area contributed by atoms with Gasteiger partial charge >= 0.3 is 12.1 Å². The number of nitrogens with zero attached hydrogens (tertiary/aromatic N) is 1. The molecule has 0 fully saturated rings. The summed E-state index contributed by atoms with van der Waals surface area (Å²) >= 11 is 0. The second-order valence-electron chi connectivity index (χ2n) is 6.91. The SMILES string of the molecule is CC.CCN(CC(C(=O)OC)c1cc2ccccc2[nH]1)C(=O)OC(C)(C)C. The Morgan fingerprint density at radius 3 is 2.33 bits per heavy atom. The van der Waals surface area contributed by atoms with Gasteiger partial charge in [-0.3, -0.25) is 4.79 Å². The maximum Gasteiger partial charge on any atom is 0.410 e. The van der Waals surface area contributed by atoms with Crippen molar-refractivity contribution in [3.05, 3.63) is 36.0 Å². The van der Waals surface area contributed by atoms with Gasteiger partial charge in [0.05, 0.1) is 7.11 Å². The van der Waals surface area contributed by atoms with Crippen LogP contribution in [0.2, 0.25) is 0 Å². The number of ether oxygens (including phenoxy) is 2. The number of carbonyl (C=O) groups excluding carboxylic acids is 2. The third kappa shape index (κ3) is 6.31. The molecule has 2 aromatic rings. The number of aromatic nitrogens is 1. The summed E-state index contributed by atoms with van der Waals surface area (Å²) in [4.78, 5) is 29.5. The lowest BCUT2D eigenvalue weighted by molar-refractivity contribution is -0.142. The molecule has 2 rings (SSSR count). The van der Waals surface area contributed by atoms with Crippen molar-refractivity contribution in [1.29, 1.82) is 0 Å². The highest BCUT2D eigenvalue weighted by molar-refractivity contribution is 5.85. The highest BCUT2D eigenvalue weighted by Crippen LogP contribution is 2.24. The Morgan fingerprint density at radius 2 is 1.81 bits per heavy atom. The number of amides is 1. The maximum atomic E-state index is 12.4. The van der Waals surface area contributed by atoms with Gasteiger partial charge in [-0.25, -0.2) is 4.79 Å². The molecular formula is C21H32N2O4. The molecule has 27 heavy (non-hydrogen) atoms. The summed E-state index contributed by atoms with van der Waals surface area (Å²) in [5.74, 6) is -1.00. The Labute approximate surface area is 161 Å². The summed E-state index contributed by atoms with van der Waals surface area (Å²) in [5, 5.41) is 1.01. The average Bonchev–Trinajstić information content (AvgIpc) is 3.05. The van der Waals surface area contributed by atoms with E-state index in [9.17, 15) is 9.59 Å². The fourth-order valence-corrected chi connectivity index (χ4v) is 2.61. The molecule has 1 aromatic carbocycles. The minimum Gasteiger partial charge on any atom is -0.468 e. The van der Waals surface area contributed by atoms with Crippen LogP contribution in [0.3, 0.4) is 0 Å². The summed E-state index contributed by atoms with van der Waals surface area (Å²) in [6, 6.07) is 9.69. The number of esters is 1. The lowest BCUT2D eigenvalue weighted by Crippen LogP contribution is -2.40. The van der Waals surface area contributed by atoms with Crippen LogP contribution in [-0.4, -0.2) is 47.7 Å². The molecule has 150 valence electrons. The fourth-order valence-electron chi connectivity index (χ4n) is 2.61. The van der Waals surface area contributed by atoms with Crippen LogP contribution in [0.1, 0.15) is 53.2 Å². The van der Waals surface area contributed by atoms with Gasteiger partial charge in [0.2, 0.25) is 0 Å². The van der Waals surface area contributed by atoms with Crippen molar-refractivity contribution in [3.63, 3.8) is 0 Å². The summed E-state index contributed by atoms with van der Waals surface area (Å²) in [5.41, 5.74) is 1.06. The van der Waals surface area contributed by atoms with Crippen LogP contribution in [0.15, 0.2) is 30.3 Å². The first-order valence-corrected chi connectivity index (χ1v) is 9.38. The molecule has 6 heteroatoms. The van der Waals surface area contributed by atoms with E-state index >= 15 is 0 Å². The number of carbonyl (C=O) groups is 2. The first-order valence-electron chi connectivity index (χ1n) is 9.38. The number of para-hydroxylation sites is 1. The van der Waals surface area contributed by atoms with Crippen LogP contribution < -0.4 is 0 Å². The molecule has 0 aliphatic heterocycles. The highest BCUT2D eigenvalue weighted by Gasteiger charge is 2.29. The first-order chi connectivity index (χ1) is 12.7. The van der Waals surface area contributed by atoms with Gasteiger partial charge in [-0.2, -0.15) is 0 Å². The van der Waals surface area contributed by atoms with Gasteiger partial charge in [0.15, 0.2) is 0 Å². The monoisotopic (exact) mass is 376 g/mol. The van der Waals surface area contributed by atoms with Gasteiger partial charge in [-0.05, 0) is 45.2 Å². The van der Waals surface area contributed by atoms with Crippen molar-refractivity contribution in [2.75, 3.05) is 20.2 Å². The smallest absolute Gasteiger partial charge is 0.410 e. The van der Waals surface area contributed by atoms with E-state index in [0.29, 0.717) is 6.54 Å². The standard InChI is InChI=1S/C19H26N2O4.C2H6/c1-6-21(18(23)25-19(2,3)4)12-14(17(22)24-5)16-11-13-9-7-8-10-15(13)20-16;1-2/h7-11,14,20H,6,12H2,1-5H3;1-2H3. The van der Waals surface area contributed by atoms with E-state index in [0.717, 1.165) is 16.6 Å². The number of methoxy groups -OCH3 is 1. The van der Waals surface area contributed by atoms with Crippen molar-refractivity contribution in [2.24, 2.45) is 0 Å². The largest absolute Gasteiger partial charge is 0.468 e. The van der Waals surface area contributed by atoms with Gasteiger partial charge in [0, 0.05) is 24.3 Å². The van der Waals surface area contributed by atoms with Gasteiger partial charge in [-0.15, -0.1) is 0 Å². The van der Waals surface area contributed by atoms with Crippen LogP contribution in [0.4, 0.5) is 4.79 Å². The third-order valence-corrected chi connectivity index (χ3v) is 3.85. The molecule has 1 unspecified atom stereocenters. The zero-order valence-electron chi connectivity index (χ0n) is 17.5. The Balaban J connectivity index is 0.00000176. The number of rotatable bonds is 5. The molecule has 0 spiro atoms. The van der Waals surface area contributed by atoms with Crippen LogP contribution >= 0.6 is 0 Å². The van der Waals surface area contributed by atoms with E-state index in [2.05, 4.69) is 4.98 Å². The molecule has 0 aliphatic rings. The van der Waals surface area contributed by atoms with Gasteiger partial charge in [0.1, 0.15) is 11.5 Å². The molecule has 0 saturated carbocycles.